The van der Waals surface area contributed by atoms with E-state index in [4.69, 9.17) is 0 Å². The molecule has 1 heteroatoms. The van der Waals surface area contributed by atoms with E-state index in [1.165, 1.54) is 62.3 Å². The molecule has 1 aliphatic rings. The third-order valence-corrected chi connectivity index (χ3v) is 6.43. The third kappa shape index (κ3) is 3.45. The molecule has 1 aliphatic carbocycles. The molecule has 0 amide bonds. The number of rotatable bonds is 3. The highest BCUT2D eigenvalue weighted by atomic mass is 31.0. The molecule has 24 heavy (non-hydrogen) atoms. The summed E-state index contributed by atoms with van der Waals surface area (Å²) in [5.41, 5.74) is 4.05. The fourth-order valence-corrected chi connectivity index (χ4v) is 5.12. The van der Waals surface area contributed by atoms with Crippen molar-refractivity contribution in [1.29, 1.82) is 0 Å². The quantitative estimate of drug-likeness (QED) is 0.462. The predicted octanol–water partition coefficient (Wildman–Crippen LogP) is 7.65. The van der Waals surface area contributed by atoms with E-state index in [9.17, 15) is 0 Å². The lowest BCUT2D eigenvalue weighted by Crippen LogP contribution is -2.03. The second kappa shape index (κ2) is 7.32. The molecule has 0 aliphatic heterocycles. The van der Waals surface area contributed by atoms with Crippen molar-refractivity contribution in [3.63, 3.8) is 0 Å². The molecule has 120 valence electrons. The Balaban J connectivity index is 1.81. The monoisotopic (exact) mass is 330 g/mol. The molecular weight excluding hydrogens is 307 g/mol. The molecule has 1 heterocycles. The summed E-state index contributed by atoms with van der Waals surface area (Å²) in [7, 11) is 1.41. The molecule has 0 nitrogen and oxygen atoms in total. The van der Waals surface area contributed by atoms with Crippen LogP contribution in [0.5, 0.6) is 0 Å². The largest absolute Gasteiger partial charge is 0.0639 e. The minimum Gasteiger partial charge on any atom is -0.0639 e. The van der Waals surface area contributed by atoms with Crippen LogP contribution in [0.3, 0.4) is 0 Å². The highest BCUT2D eigenvalue weighted by Gasteiger charge is 2.18. The van der Waals surface area contributed by atoms with Gasteiger partial charge >= 0.3 is 0 Å². The zero-order valence-corrected chi connectivity index (χ0v) is 14.9. The summed E-state index contributed by atoms with van der Waals surface area (Å²) in [6, 6.07) is 26.6. The lowest BCUT2D eigenvalue weighted by molar-refractivity contribution is 0.448. The molecule has 1 fully saturated rings. The second-order valence-electron chi connectivity index (χ2n) is 6.73. The van der Waals surface area contributed by atoms with Gasteiger partial charge in [0.1, 0.15) is 0 Å². The van der Waals surface area contributed by atoms with Crippen molar-refractivity contribution in [1.82, 2.24) is 0 Å². The van der Waals surface area contributed by atoms with Crippen molar-refractivity contribution in [2.75, 3.05) is 0 Å². The van der Waals surface area contributed by atoms with E-state index in [0.717, 1.165) is 5.92 Å². The SMILES string of the molecule is c1ccc(-c2cc(-c3ccccc3)pc(C3CCCCC3)c2)cc1. The maximum Gasteiger partial charge on any atom is 0.00991 e. The highest BCUT2D eigenvalue weighted by molar-refractivity contribution is 7.34. The Morgan fingerprint density at radius 1 is 0.625 bits per heavy atom. The van der Waals surface area contributed by atoms with E-state index in [2.05, 4.69) is 72.8 Å². The van der Waals surface area contributed by atoms with Crippen LogP contribution >= 0.6 is 8.19 Å². The first-order valence-electron chi connectivity index (χ1n) is 9.03. The topological polar surface area (TPSA) is 0 Å². The molecule has 0 saturated heterocycles. The Labute approximate surface area is 146 Å². The molecule has 3 aromatic rings. The van der Waals surface area contributed by atoms with E-state index < -0.39 is 0 Å². The van der Waals surface area contributed by atoms with E-state index in [1.54, 1.807) is 5.30 Å². The molecule has 0 N–H and O–H groups in total. The van der Waals surface area contributed by atoms with Crippen LogP contribution in [0.4, 0.5) is 0 Å². The first-order chi connectivity index (χ1) is 11.9. The standard InChI is InChI=1S/C23H23P/c1-4-10-18(11-5-1)21-16-22(19-12-6-2-7-13-19)24-23(17-21)20-14-8-3-9-15-20/h1-2,4-7,10-13,16-17,20H,3,8-9,14-15H2. The van der Waals surface area contributed by atoms with E-state index in [-0.39, 0.29) is 0 Å². The summed E-state index contributed by atoms with van der Waals surface area (Å²) in [5, 5.41) is 3.06. The number of benzene rings is 2. The van der Waals surface area contributed by atoms with Gasteiger partial charge in [0.15, 0.2) is 0 Å². The Bertz CT molecular complexity index is 729. The Kier molecular flexibility index (Phi) is 4.76. The first-order valence-corrected chi connectivity index (χ1v) is 9.92. The van der Waals surface area contributed by atoms with E-state index in [0.29, 0.717) is 0 Å². The summed E-state index contributed by atoms with van der Waals surface area (Å²) in [4.78, 5) is 0. The average Bonchev–Trinajstić information content (AvgIpc) is 2.70. The van der Waals surface area contributed by atoms with Crippen LogP contribution in [0.25, 0.3) is 22.0 Å². The van der Waals surface area contributed by atoms with Crippen LogP contribution in [0, 0.1) is 0 Å². The van der Waals surface area contributed by atoms with Crippen molar-refractivity contribution in [3.8, 4) is 22.0 Å². The fraction of sp³-hybridized carbons (Fsp3) is 0.261. The van der Waals surface area contributed by atoms with Crippen LogP contribution in [0.15, 0.2) is 72.8 Å². The van der Waals surface area contributed by atoms with Crippen LogP contribution in [-0.4, -0.2) is 0 Å². The van der Waals surface area contributed by atoms with E-state index >= 15 is 0 Å². The van der Waals surface area contributed by atoms with Gasteiger partial charge < -0.3 is 0 Å². The van der Waals surface area contributed by atoms with Gasteiger partial charge in [0.2, 0.25) is 0 Å². The second-order valence-corrected chi connectivity index (χ2v) is 7.95. The lowest BCUT2D eigenvalue weighted by atomic mass is 9.87. The molecule has 0 spiro atoms. The zero-order chi connectivity index (χ0) is 16.2. The molecule has 1 aromatic heterocycles. The van der Waals surface area contributed by atoms with Crippen LogP contribution in [-0.2, 0) is 0 Å². The van der Waals surface area contributed by atoms with Crippen LogP contribution in [0.2, 0.25) is 0 Å². The lowest BCUT2D eigenvalue weighted by Gasteiger charge is -2.23. The van der Waals surface area contributed by atoms with Gasteiger partial charge in [-0.1, -0.05) is 88.1 Å². The Morgan fingerprint density at radius 2 is 1.25 bits per heavy atom. The minimum atomic E-state index is 0.770. The molecule has 4 rings (SSSR count). The highest BCUT2D eigenvalue weighted by Crippen LogP contribution is 2.43. The van der Waals surface area contributed by atoms with Gasteiger partial charge in [-0.15, -0.1) is 0 Å². The van der Waals surface area contributed by atoms with Gasteiger partial charge in [-0.25, -0.2) is 0 Å². The summed E-state index contributed by atoms with van der Waals surface area (Å²) in [6.45, 7) is 0. The van der Waals surface area contributed by atoms with Crippen molar-refractivity contribution >= 4 is 8.19 Å². The summed E-state index contributed by atoms with van der Waals surface area (Å²) < 4.78 is 0. The van der Waals surface area contributed by atoms with Crippen molar-refractivity contribution < 1.29 is 0 Å². The van der Waals surface area contributed by atoms with Crippen molar-refractivity contribution in [2.24, 2.45) is 0 Å². The normalized spacial score (nSPS) is 15.7. The molecule has 0 atom stereocenters. The predicted molar refractivity (Wildman–Crippen MR) is 106 cm³/mol. The van der Waals surface area contributed by atoms with Crippen LogP contribution in [0.1, 0.15) is 43.3 Å². The summed E-state index contributed by atoms with van der Waals surface area (Å²) >= 11 is 0. The van der Waals surface area contributed by atoms with Gasteiger partial charge in [-0.3, -0.25) is 0 Å². The van der Waals surface area contributed by atoms with E-state index in [1.807, 2.05) is 0 Å². The van der Waals surface area contributed by atoms with Crippen LogP contribution < -0.4 is 0 Å². The molecule has 0 unspecified atom stereocenters. The number of hydrogen-bond donors (Lipinski definition) is 0. The number of hydrogen-bond acceptors (Lipinski definition) is 0. The molecular formula is C23H23P. The average molecular weight is 330 g/mol. The molecule has 2 aromatic carbocycles. The van der Waals surface area contributed by atoms with Gasteiger partial charge in [0, 0.05) is 5.30 Å². The van der Waals surface area contributed by atoms with Gasteiger partial charge in [0.25, 0.3) is 0 Å². The Hall–Kier alpha value is -1.91. The maximum absolute atomic E-state index is 2.47. The first kappa shape index (κ1) is 15.6. The zero-order valence-electron chi connectivity index (χ0n) is 14.0. The molecule has 0 radical (unpaired) electrons. The van der Waals surface area contributed by atoms with Gasteiger partial charge in [0.05, 0.1) is 0 Å². The van der Waals surface area contributed by atoms with Crippen molar-refractivity contribution in [2.45, 2.75) is 38.0 Å². The van der Waals surface area contributed by atoms with Gasteiger partial charge in [-0.2, -0.15) is 0 Å². The Morgan fingerprint density at radius 3 is 1.92 bits per heavy atom. The summed E-state index contributed by atoms with van der Waals surface area (Å²) in [5.74, 6) is 0.770. The molecule has 1 saturated carbocycles. The smallest absolute Gasteiger partial charge is 0.00991 e. The maximum atomic E-state index is 2.47. The van der Waals surface area contributed by atoms with Crippen molar-refractivity contribution in [3.05, 3.63) is 78.1 Å². The van der Waals surface area contributed by atoms with Gasteiger partial charge in [-0.05, 0) is 52.9 Å². The summed E-state index contributed by atoms with van der Waals surface area (Å²) in [6.07, 6.45) is 6.93. The minimum absolute atomic E-state index is 0.770. The third-order valence-electron chi connectivity index (χ3n) is 5.05. The fourth-order valence-electron chi connectivity index (χ4n) is 3.71. The molecule has 0 bridgehead atoms.